The predicted molar refractivity (Wildman–Crippen MR) is 70.0 cm³/mol. The molecule has 2 rings (SSSR count). The Labute approximate surface area is 124 Å². The summed E-state index contributed by atoms with van der Waals surface area (Å²) in [6.07, 6.45) is 7.64. The topological polar surface area (TPSA) is 15.8 Å². The number of nitrogens with one attached hydrogen (secondary N) is 1. The van der Waals surface area contributed by atoms with Crippen LogP contribution in [0.5, 0.6) is 0 Å². The van der Waals surface area contributed by atoms with E-state index in [1.54, 1.807) is 6.07 Å². The maximum atomic E-state index is 13.4. The van der Waals surface area contributed by atoms with E-state index in [0.29, 0.717) is 12.0 Å². The van der Waals surface area contributed by atoms with E-state index in [1.165, 1.54) is 26.5 Å². The van der Waals surface area contributed by atoms with E-state index in [2.05, 4.69) is 11.9 Å². The van der Waals surface area contributed by atoms with Crippen molar-refractivity contribution < 1.29 is 29.2 Å². The smallest absolute Gasteiger partial charge is 0.000496 e. The molecule has 0 bridgehead atoms. The summed E-state index contributed by atoms with van der Waals surface area (Å²) < 4.78 is 26.5. The monoisotopic (exact) mass is 298 g/mol. The van der Waals surface area contributed by atoms with Crippen molar-refractivity contribution >= 4 is 3.87 Å². The van der Waals surface area contributed by atoms with Crippen molar-refractivity contribution in [3.63, 3.8) is 0 Å². The van der Waals surface area contributed by atoms with Crippen LogP contribution in [0.4, 0.5) is 8.78 Å². The molecular weight excluding hydrogens is 280 g/mol. The predicted octanol–water partition coefficient (Wildman–Crippen LogP) is 3.88. The van der Waals surface area contributed by atoms with E-state index in [-0.39, 0.29) is 9.69 Å². The van der Waals surface area contributed by atoms with Crippen LogP contribution in [0.3, 0.4) is 0 Å². The van der Waals surface area contributed by atoms with Gasteiger partial charge in [-0.05, 0) is 12.1 Å². The van der Waals surface area contributed by atoms with E-state index in [0.717, 1.165) is 19.3 Å². The number of aromatic amines is 1. The molecule has 0 aliphatic carbocycles. The van der Waals surface area contributed by atoms with Crippen LogP contribution in [-0.4, -0.2) is 4.98 Å². The van der Waals surface area contributed by atoms with Gasteiger partial charge in [0.2, 0.25) is 0 Å². The molecule has 4 heteroatoms. The average Bonchev–Trinajstić information content (AvgIpc) is 2.98. The van der Waals surface area contributed by atoms with Gasteiger partial charge in [-0.25, -0.2) is 0 Å². The fourth-order valence-corrected chi connectivity index (χ4v) is 2.01. The normalized spacial score (nSPS) is 9.79. The second kappa shape index (κ2) is 9.05. The summed E-state index contributed by atoms with van der Waals surface area (Å²) in [7, 11) is 0. The first-order chi connectivity index (χ1) is 9.16. The quantitative estimate of drug-likeness (QED) is 0.651. The van der Waals surface area contributed by atoms with Crippen molar-refractivity contribution in [3.05, 3.63) is 53.9 Å². The standard InChI is InChI=1S/C11H13F2.C4H5N.Ti/c1-2-3-4-5-9-6-7-10(12)8-11(9)13;1-2-4-5-3-1;/h6-7H,2-5H2,1H3;1-5H;. The Morgan fingerprint density at radius 1 is 1.11 bits per heavy atom. The summed E-state index contributed by atoms with van der Waals surface area (Å²) in [6.45, 7) is 2.10. The minimum absolute atomic E-state index is 0.138. The Hall–Kier alpha value is -0.926. The van der Waals surface area contributed by atoms with Gasteiger partial charge in [0.05, 0.1) is 0 Å². The van der Waals surface area contributed by atoms with Gasteiger partial charge in [0, 0.05) is 12.4 Å². The van der Waals surface area contributed by atoms with Crippen LogP contribution < -0.4 is 3.87 Å². The molecule has 0 aliphatic rings. The molecule has 0 radical (unpaired) electrons. The van der Waals surface area contributed by atoms with Crippen LogP contribution in [0.1, 0.15) is 31.7 Å². The average molecular weight is 298 g/mol. The molecule has 0 spiro atoms. The molecule has 1 nitrogen and oxygen atoms in total. The summed E-state index contributed by atoms with van der Waals surface area (Å²) in [5.74, 6) is -0.831. The number of aryl methyl sites for hydroxylation is 1. The summed E-state index contributed by atoms with van der Waals surface area (Å²) in [5.41, 5.74) is 0.636. The minimum atomic E-state index is -0.457. The zero-order valence-corrected chi connectivity index (χ0v) is 12.6. The zero-order valence-electron chi connectivity index (χ0n) is 11.0. The van der Waals surface area contributed by atoms with Crippen molar-refractivity contribution in [2.45, 2.75) is 32.6 Å². The molecular formula is C15H18F2NTi. The fourth-order valence-electron chi connectivity index (χ4n) is 1.63. The number of benzene rings is 1. The SMILES string of the molecule is CCCCCc1ccc(F)[c]([Ti])c1F.c1cc[nH]c1. The molecule has 1 heterocycles. The number of rotatable bonds is 4. The molecule has 2 aromatic rings. The first-order valence-electron chi connectivity index (χ1n) is 6.43. The number of H-pyrrole nitrogens is 1. The maximum Gasteiger partial charge on any atom is 0.000496 e. The third-order valence-electron chi connectivity index (χ3n) is 2.72. The van der Waals surface area contributed by atoms with Crippen LogP contribution in [0, 0.1) is 11.6 Å². The molecule has 1 N–H and O–H groups in total. The molecule has 0 unspecified atom stereocenters. The van der Waals surface area contributed by atoms with Crippen LogP contribution in [-0.2, 0) is 26.9 Å². The van der Waals surface area contributed by atoms with Gasteiger partial charge in [-0.2, -0.15) is 0 Å². The first kappa shape index (κ1) is 16.1. The summed E-state index contributed by atoms with van der Waals surface area (Å²) in [4.78, 5) is 2.86. The number of hydrogen-bond acceptors (Lipinski definition) is 0. The van der Waals surface area contributed by atoms with E-state index >= 15 is 0 Å². The first-order valence-corrected chi connectivity index (χ1v) is 7.21. The summed E-state index contributed by atoms with van der Waals surface area (Å²) in [5, 5.41) is 0. The molecule has 19 heavy (non-hydrogen) atoms. The van der Waals surface area contributed by atoms with Gasteiger partial charge >= 0.3 is 95.0 Å². The van der Waals surface area contributed by atoms with Gasteiger partial charge in [0.15, 0.2) is 0 Å². The van der Waals surface area contributed by atoms with Gasteiger partial charge in [0.25, 0.3) is 0 Å². The Morgan fingerprint density at radius 2 is 1.79 bits per heavy atom. The Bertz CT molecular complexity index is 452. The molecule has 0 fully saturated rings. The largest absolute Gasteiger partial charge is 0.368 e. The van der Waals surface area contributed by atoms with E-state index < -0.39 is 5.82 Å². The second-order valence-corrected chi connectivity index (χ2v) is 5.02. The third-order valence-corrected chi connectivity index (χ3v) is 3.43. The van der Waals surface area contributed by atoms with Gasteiger partial charge in [0.1, 0.15) is 0 Å². The van der Waals surface area contributed by atoms with E-state index in [4.69, 9.17) is 0 Å². The Balaban J connectivity index is 0.000000300. The fraction of sp³-hybridized carbons (Fsp3) is 0.333. The maximum absolute atomic E-state index is 13.4. The van der Waals surface area contributed by atoms with Gasteiger partial charge < -0.3 is 4.98 Å². The third kappa shape index (κ3) is 5.71. The molecule has 1 aromatic carbocycles. The van der Waals surface area contributed by atoms with Gasteiger partial charge in [-0.15, -0.1) is 0 Å². The Kier molecular flexibility index (Phi) is 7.69. The van der Waals surface area contributed by atoms with Crippen LogP contribution in [0.15, 0.2) is 36.7 Å². The van der Waals surface area contributed by atoms with Gasteiger partial charge in [-0.3, -0.25) is 0 Å². The number of aromatic nitrogens is 1. The molecule has 0 amide bonds. The van der Waals surface area contributed by atoms with Crippen molar-refractivity contribution in [2.75, 3.05) is 0 Å². The van der Waals surface area contributed by atoms with Crippen LogP contribution in [0.25, 0.3) is 0 Å². The van der Waals surface area contributed by atoms with Crippen LogP contribution >= 0.6 is 0 Å². The van der Waals surface area contributed by atoms with E-state index in [1.807, 2.05) is 24.5 Å². The van der Waals surface area contributed by atoms with Crippen molar-refractivity contribution in [1.29, 1.82) is 0 Å². The number of hydrogen-bond donors (Lipinski definition) is 1. The number of halogens is 2. The molecule has 0 atom stereocenters. The molecule has 1 aromatic heterocycles. The van der Waals surface area contributed by atoms with Crippen molar-refractivity contribution in [3.8, 4) is 0 Å². The number of unbranched alkanes of at least 4 members (excludes halogenated alkanes) is 2. The minimum Gasteiger partial charge on any atom is -0.368 e. The zero-order chi connectivity index (χ0) is 14.1. The van der Waals surface area contributed by atoms with Crippen molar-refractivity contribution in [1.82, 2.24) is 4.98 Å². The van der Waals surface area contributed by atoms with Crippen LogP contribution in [0.2, 0.25) is 0 Å². The Morgan fingerprint density at radius 3 is 2.32 bits per heavy atom. The molecule has 0 saturated carbocycles. The summed E-state index contributed by atoms with van der Waals surface area (Å²) in [6, 6.07) is 6.78. The molecule has 0 aliphatic heterocycles. The second-order valence-electron chi connectivity index (χ2n) is 4.24. The molecule has 0 saturated heterocycles. The molecule has 101 valence electrons. The summed E-state index contributed by atoms with van der Waals surface area (Å²) >= 11 is 1.48. The van der Waals surface area contributed by atoms with Crippen molar-refractivity contribution in [2.24, 2.45) is 0 Å². The van der Waals surface area contributed by atoms with Gasteiger partial charge in [-0.1, -0.05) is 0 Å². The van der Waals surface area contributed by atoms with E-state index in [9.17, 15) is 8.78 Å².